The normalized spacial score (nSPS) is 22.5. The van der Waals surface area contributed by atoms with E-state index in [9.17, 15) is 9.59 Å². The number of hydrogen-bond acceptors (Lipinski definition) is 4. The summed E-state index contributed by atoms with van der Waals surface area (Å²) >= 11 is 0. The Labute approximate surface area is 111 Å². The lowest BCUT2D eigenvalue weighted by Gasteiger charge is -2.24. The molecular formula is C13H17N3O3. The number of benzene rings is 1. The lowest BCUT2D eigenvalue weighted by molar-refractivity contribution is -0.125. The fourth-order valence-electron chi connectivity index (χ4n) is 2.38. The average Bonchev–Trinajstić information content (AvgIpc) is 2.73. The molecule has 0 aromatic heterocycles. The summed E-state index contributed by atoms with van der Waals surface area (Å²) in [5.41, 5.74) is 11.6. The van der Waals surface area contributed by atoms with Crippen LogP contribution in [0.3, 0.4) is 0 Å². The van der Waals surface area contributed by atoms with Crippen molar-refractivity contribution in [1.82, 2.24) is 0 Å². The van der Waals surface area contributed by atoms with Crippen LogP contribution in [0.2, 0.25) is 0 Å². The summed E-state index contributed by atoms with van der Waals surface area (Å²) in [6.45, 7) is 2.90. The molecule has 2 rings (SSSR count). The van der Waals surface area contributed by atoms with E-state index < -0.39 is 11.4 Å². The number of nitrogen functional groups attached to an aromatic ring is 1. The predicted molar refractivity (Wildman–Crippen MR) is 71.9 cm³/mol. The van der Waals surface area contributed by atoms with E-state index in [0.29, 0.717) is 25.2 Å². The highest BCUT2D eigenvalue weighted by molar-refractivity contribution is 5.97. The van der Waals surface area contributed by atoms with Crippen LogP contribution in [0.1, 0.15) is 23.7 Å². The second-order valence-electron chi connectivity index (χ2n) is 5.14. The third-order valence-corrected chi connectivity index (χ3v) is 3.72. The number of amides is 1. The topological polar surface area (TPSA) is 110 Å². The summed E-state index contributed by atoms with van der Waals surface area (Å²) in [4.78, 5) is 24.4. The summed E-state index contributed by atoms with van der Waals surface area (Å²) in [6, 6.07) is 4.87. The first kappa shape index (κ1) is 13.2. The quantitative estimate of drug-likeness (QED) is 0.694. The van der Waals surface area contributed by atoms with Gasteiger partial charge in [-0.25, -0.2) is 4.79 Å². The molecule has 1 aromatic rings. The molecule has 0 aliphatic carbocycles. The standard InChI is InChI=1S/C13H17N3O3/c1-13(12(15)19)5-6-16(7-13)9-4-2-3-8(10(9)14)11(17)18/h2-4H,5-7,14H2,1H3,(H2,15,19)(H,17,18). The van der Waals surface area contributed by atoms with Crippen molar-refractivity contribution in [1.29, 1.82) is 0 Å². The molecule has 0 spiro atoms. The molecule has 19 heavy (non-hydrogen) atoms. The van der Waals surface area contributed by atoms with Crippen LogP contribution in [0.15, 0.2) is 18.2 Å². The third kappa shape index (κ3) is 2.21. The predicted octanol–water partition coefficient (Wildman–Crippen LogP) is 0.669. The fourth-order valence-corrected chi connectivity index (χ4v) is 2.38. The lowest BCUT2D eigenvalue weighted by atomic mass is 9.89. The van der Waals surface area contributed by atoms with Crippen LogP contribution in [0.25, 0.3) is 0 Å². The van der Waals surface area contributed by atoms with Gasteiger partial charge in [0, 0.05) is 13.1 Å². The monoisotopic (exact) mass is 263 g/mol. The Morgan fingerprint density at radius 1 is 1.42 bits per heavy atom. The van der Waals surface area contributed by atoms with Gasteiger partial charge in [0.1, 0.15) is 0 Å². The molecule has 5 N–H and O–H groups in total. The number of carbonyl (C=O) groups is 2. The molecule has 1 aliphatic heterocycles. The molecule has 102 valence electrons. The highest BCUT2D eigenvalue weighted by atomic mass is 16.4. The molecule has 0 bridgehead atoms. The number of aromatic carboxylic acids is 1. The minimum absolute atomic E-state index is 0.0742. The van der Waals surface area contributed by atoms with E-state index in [2.05, 4.69) is 0 Å². The van der Waals surface area contributed by atoms with Crippen LogP contribution < -0.4 is 16.4 Å². The molecule has 1 atom stereocenters. The highest BCUT2D eigenvalue weighted by Gasteiger charge is 2.39. The van der Waals surface area contributed by atoms with Crippen LogP contribution >= 0.6 is 0 Å². The van der Waals surface area contributed by atoms with Gasteiger partial charge in [0.15, 0.2) is 0 Å². The van der Waals surface area contributed by atoms with E-state index in [-0.39, 0.29) is 17.2 Å². The Kier molecular flexibility index (Phi) is 3.09. The van der Waals surface area contributed by atoms with Crippen molar-refractivity contribution in [2.45, 2.75) is 13.3 Å². The Bertz CT molecular complexity index is 544. The maximum Gasteiger partial charge on any atom is 0.337 e. The van der Waals surface area contributed by atoms with Crippen molar-refractivity contribution in [3.8, 4) is 0 Å². The number of carboxylic acid groups (broad SMARTS) is 1. The van der Waals surface area contributed by atoms with Gasteiger partial charge in [-0.2, -0.15) is 0 Å². The number of nitrogens with zero attached hydrogens (tertiary/aromatic N) is 1. The number of rotatable bonds is 3. The molecule has 1 fully saturated rings. The molecule has 1 heterocycles. The Morgan fingerprint density at radius 3 is 2.63 bits per heavy atom. The summed E-state index contributed by atoms with van der Waals surface area (Å²) in [5.74, 6) is -1.40. The van der Waals surface area contributed by atoms with Crippen molar-refractivity contribution in [2.24, 2.45) is 11.1 Å². The maximum absolute atomic E-state index is 11.4. The first-order valence-electron chi connectivity index (χ1n) is 6.02. The minimum atomic E-state index is -1.06. The smallest absolute Gasteiger partial charge is 0.337 e. The van der Waals surface area contributed by atoms with Crippen LogP contribution in [0.4, 0.5) is 11.4 Å². The van der Waals surface area contributed by atoms with Gasteiger partial charge in [-0.05, 0) is 25.5 Å². The van der Waals surface area contributed by atoms with E-state index in [4.69, 9.17) is 16.6 Å². The number of hydrogen-bond donors (Lipinski definition) is 3. The van der Waals surface area contributed by atoms with Gasteiger partial charge in [-0.1, -0.05) is 6.07 Å². The first-order chi connectivity index (χ1) is 8.85. The molecule has 6 heteroatoms. The van der Waals surface area contributed by atoms with Crippen molar-refractivity contribution in [3.05, 3.63) is 23.8 Å². The van der Waals surface area contributed by atoms with E-state index in [0.717, 1.165) is 0 Å². The summed E-state index contributed by atoms with van der Waals surface area (Å²) in [7, 11) is 0. The summed E-state index contributed by atoms with van der Waals surface area (Å²) in [6.07, 6.45) is 0.638. The number of anilines is 2. The van der Waals surface area contributed by atoms with Crippen molar-refractivity contribution < 1.29 is 14.7 Å². The number of carboxylic acids is 1. The molecule has 1 saturated heterocycles. The van der Waals surface area contributed by atoms with Crippen LogP contribution in [-0.2, 0) is 4.79 Å². The highest BCUT2D eigenvalue weighted by Crippen LogP contribution is 2.36. The Balaban J connectivity index is 2.33. The van der Waals surface area contributed by atoms with E-state index in [1.54, 1.807) is 12.1 Å². The van der Waals surface area contributed by atoms with Crippen LogP contribution in [-0.4, -0.2) is 30.1 Å². The first-order valence-corrected chi connectivity index (χ1v) is 6.02. The second-order valence-corrected chi connectivity index (χ2v) is 5.14. The minimum Gasteiger partial charge on any atom is -0.478 e. The molecule has 1 aromatic carbocycles. The van der Waals surface area contributed by atoms with Gasteiger partial charge in [-0.15, -0.1) is 0 Å². The molecule has 1 amide bonds. The van der Waals surface area contributed by atoms with Gasteiger partial charge in [0.05, 0.1) is 22.4 Å². The fraction of sp³-hybridized carbons (Fsp3) is 0.385. The number of carbonyl (C=O) groups excluding carboxylic acids is 1. The van der Waals surface area contributed by atoms with Gasteiger partial charge in [0.25, 0.3) is 0 Å². The molecule has 0 saturated carbocycles. The van der Waals surface area contributed by atoms with E-state index in [1.165, 1.54) is 6.07 Å². The summed E-state index contributed by atoms with van der Waals surface area (Å²) in [5, 5.41) is 9.05. The molecule has 6 nitrogen and oxygen atoms in total. The van der Waals surface area contributed by atoms with Gasteiger partial charge >= 0.3 is 5.97 Å². The van der Waals surface area contributed by atoms with Gasteiger partial charge < -0.3 is 21.5 Å². The zero-order chi connectivity index (χ0) is 14.2. The molecule has 0 radical (unpaired) electrons. The van der Waals surface area contributed by atoms with Crippen molar-refractivity contribution >= 4 is 23.3 Å². The molecule has 1 unspecified atom stereocenters. The average molecular weight is 263 g/mol. The van der Waals surface area contributed by atoms with Crippen LogP contribution in [0, 0.1) is 5.41 Å². The SMILES string of the molecule is CC1(C(N)=O)CCN(c2cccc(C(=O)O)c2N)C1. The second kappa shape index (κ2) is 4.46. The van der Waals surface area contributed by atoms with Gasteiger partial charge in [0.2, 0.25) is 5.91 Å². The molecule has 1 aliphatic rings. The number of primary amides is 1. The third-order valence-electron chi connectivity index (χ3n) is 3.72. The number of nitrogens with two attached hydrogens (primary N) is 2. The van der Waals surface area contributed by atoms with Gasteiger partial charge in [-0.3, -0.25) is 4.79 Å². The Hall–Kier alpha value is -2.24. The van der Waals surface area contributed by atoms with E-state index in [1.807, 2.05) is 11.8 Å². The maximum atomic E-state index is 11.4. The van der Waals surface area contributed by atoms with Crippen LogP contribution in [0.5, 0.6) is 0 Å². The summed E-state index contributed by atoms with van der Waals surface area (Å²) < 4.78 is 0. The number of para-hydroxylation sites is 1. The molecular weight excluding hydrogens is 246 g/mol. The van der Waals surface area contributed by atoms with Crippen molar-refractivity contribution in [2.75, 3.05) is 23.7 Å². The Morgan fingerprint density at radius 2 is 2.11 bits per heavy atom. The largest absolute Gasteiger partial charge is 0.478 e. The van der Waals surface area contributed by atoms with Crippen molar-refractivity contribution in [3.63, 3.8) is 0 Å². The van der Waals surface area contributed by atoms with E-state index >= 15 is 0 Å². The zero-order valence-corrected chi connectivity index (χ0v) is 10.7. The zero-order valence-electron chi connectivity index (χ0n) is 10.7. The lowest BCUT2D eigenvalue weighted by Crippen LogP contribution is -2.37.